The van der Waals surface area contributed by atoms with Gasteiger partial charge in [-0.15, -0.1) is 0 Å². The van der Waals surface area contributed by atoms with E-state index in [1.54, 1.807) is 0 Å². The fourth-order valence-electron chi connectivity index (χ4n) is 6.59. The third kappa shape index (κ3) is 3.37. The van der Waals surface area contributed by atoms with Crippen molar-refractivity contribution in [2.75, 3.05) is 0 Å². The molecule has 5 aliphatic rings. The van der Waals surface area contributed by atoms with Gasteiger partial charge in [0.2, 0.25) is 5.79 Å². The van der Waals surface area contributed by atoms with Gasteiger partial charge >= 0.3 is 0 Å². The van der Waals surface area contributed by atoms with Gasteiger partial charge in [0.15, 0.2) is 0 Å². The van der Waals surface area contributed by atoms with E-state index >= 15 is 0 Å². The van der Waals surface area contributed by atoms with Crippen LogP contribution in [0.2, 0.25) is 10.0 Å². The third-order valence-electron chi connectivity index (χ3n) is 7.90. The third-order valence-corrected chi connectivity index (χ3v) is 8.41. The molecule has 1 aliphatic heterocycles. The lowest BCUT2D eigenvalue weighted by Gasteiger charge is -2.61. The molecule has 4 aliphatic carbocycles. The molecule has 0 aromatic heterocycles. The van der Waals surface area contributed by atoms with Crippen molar-refractivity contribution in [1.29, 1.82) is 0 Å². The molecule has 2 atom stereocenters. The lowest BCUT2D eigenvalue weighted by Crippen LogP contribution is -2.63. The van der Waals surface area contributed by atoms with Crippen LogP contribution in [-0.4, -0.2) is 11.9 Å². The average Bonchev–Trinajstić information content (AvgIpc) is 2.77. The molecule has 2 aromatic rings. The van der Waals surface area contributed by atoms with Crippen LogP contribution in [-0.2, 0) is 14.5 Å². The van der Waals surface area contributed by atoms with Crippen LogP contribution < -0.4 is 0 Å². The zero-order valence-corrected chi connectivity index (χ0v) is 18.8. The highest BCUT2D eigenvalue weighted by Crippen LogP contribution is 2.62. The molecule has 1 heterocycles. The maximum atomic E-state index is 6.98. The van der Waals surface area contributed by atoms with E-state index in [0.717, 1.165) is 28.5 Å². The summed E-state index contributed by atoms with van der Waals surface area (Å²) in [4.78, 5) is 12.5. The van der Waals surface area contributed by atoms with E-state index < -0.39 is 11.9 Å². The van der Waals surface area contributed by atoms with Gasteiger partial charge in [-0.2, -0.15) is 4.89 Å². The first-order valence-electron chi connectivity index (χ1n) is 11.2. The Hall–Kier alpha value is -1.36. The molecular weight excluding hydrogens is 431 g/mol. The van der Waals surface area contributed by atoms with Crippen LogP contribution in [0.15, 0.2) is 55.1 Å². The molecule has 2 aromatic carbocycles. The lowest BCUT2D eigenvalue weighted by atomic mass is 9.53. The van der Waals surface area contributed by atoms with Gasteiger partial charge in [-0.05, 0) is 84.9 Å². The predicted octanol–water partition coefficient (Wildman–Crippen LogP) is 7.25. The van der Waals surface area contributed by atoms with E-state index in [1.165, 1.54) is 32.1 Å². The molecule has 162 valence electrons. The summed E-state index contributed by atoms with van der Waals surface area (Å²) in [5.74, 6) is 1.76. The Bertz CT molecular complexity index is 957. The number of hydrogen-bond donors (Lipinski definition) is 0. The summed E-state index contributed by atoms with van der Waals surface area (Å²) in [5, 5.41) is 1.39. The van der Waals surface area contributed by atoms with E-state index in [1.807, 2.05) is 48.5 Å². The minimum atomic E-state index is -0.658. The fraction of sp³-hybridized carbons (Fsp3) is 0.462. The first-order valence-corrected chi connectivity index (χ1v) is 12.0. The zero-order chi connectivity index (χ0) is 21.2. The fourth-order valence-corrected chi connectivity index (χ4v) is 6.84. The summed E-state index contributed by atoms with van der Waals surface area (Å²) >= 11 is 12.3. The number of benzene rings is 2. The summed E-state index contributed by atoms with van der Waals surface area (Å²) in [6, 6.07) is 15.5. The van der Waals surface area contributed by atoms with E-state index in [4.69, 9.17) is 37.7 Å². The van der Waals surface area contributed by atoms with Crippen LogP contribution in [0, 0.1) is 23.7 Å². The summed E-state index contributed by atoms with van der Waals surface area (Å²) < 4.78 is 6.98. The van der Waals surface area contributed by atoms with Gasteiger partial charge < -0.3 is 4.74 Å². The second-order valence-electron chi connectivity index (χ2n) is 9.75. The van der Waals surface area contributed by atoms with Crippen LogP contribution in [0.1, 0.15) is 49.3 Å². The molecule has 0 amide bonds. The van der Waals surface area contributed by atoms with Gasteiger partial charge in [0.1, 0.15) is 12.2 Å². The van der Waals surface area contributed by atoms with Crippen molar-refractivity contribution in [3.05, 3.63) is 76.3 Å². The molecule has 0 unspecified atom stereocenters. The van der Waals surface area contributed by atoms with E-state index in [-0.39, 0.29) is 6.10 Å². The van der Waals surface area contributed by atoms with E-state index in [0.29, 0.717) is 21.9 Å². The first-order chi connectivity index (χ1) is 15.0. The van der Waals surface area contributed by atoms with Crippen molar-refractivity contribution in [3.63, 3.8) is 0 Å². The van der Waals surface area contributed by atoms with E-state index in [2.05, 4.69) is 6.58 Å². The van der Waals surface area contributed by atoms with Crippen LogP contribution in [0.4, 0.5) is 0 Å². The molecule has 4 saturated carbocycles. The predicted molar refractivity (Wildman–Crippen MR) is 121 cm³/mol. The SMILES string of the molecule is C=C(c1ccc(Cl)cc1)[C@H]1OOC2(O[C@@H]1c1ccc(Cl)cc1)C1CC3CC(C1)CC2C3. The van der Waals surface area contributed by atoms with Crippen molar-refractivity contribution in [1.82, 2.24) is 0 Å². The van der Waals surface area contributed by atoms with Gasteiger partial charge in [-0.25, -0.2) is 4.89 Å². The van der Waals surface area contributed by atoms with Crippen LogP contribution in [0.5, 0.6) is 0 Å². The molecule has 4 bridgehead atoms. The Balaban J connectivity index is 1.36. The molecule has 0 radical (unpaired) electrons. The van der Waals surface area contributed by atoms with Gasteiger partial charge in [-0.3, -0.25) is 0 Å². The van der Waals surface area contributed by atoms with Crippen molar-refractivity contribution >= 4 is 28.8 Å². The number of rotatable bonds is 3. The minimum Gasteiger partial charge on any atom is -0.335 e. The van der Waals surface area contributed by atoms with Gasteiger partial charge in [-0.1, -0.05) is 54.0 Å². The van der Waals surface area contributed by atoms with Gasteiger partial charge in [0, 0.05) is 21.9 Å². The molecular formula is C26H26Cl2O3. The molecule has 1 spiro atoms. The number of hydrogen-bond acceptors (Lipinski definition) is 3. The maximum Gasteiger partial charge on any atom is 0.208 e. The molecule has 5 fully saturated rings. The first kappa shape index (κ1) is 20.3. The van der Waals surface area contributed by atoms with Gasteiger partial charge in [0.05, 0.1) is 0 Å². The normalized spacial score (nSPS) is 38.5. The molecule has 1 saturated heterocycles. The topological polar surface area (TPSA) is 27.7 Å². The highest BCUT2D eigenvalue weighted by Gasteiger charge is 2.63. The quantitative estimate of drug-likeness (QED) is 0.455. The Labute approximate surface area is 193 Å². The Morgan fingerprint density at radius 2 is 1.35 bits per heavy atom. The van der Waals surface area contributed by atoms with Crippen LogP contribution in [0.3, 0.4) is 0 Å². The highest BCUT2D eigenvalue weighted by molar-refractivity contribution is 6.30. The lowest BCUT2D eigenvalue weighted by molar-refractivity contribution is -0.533. The second kappa shape index (κ2) is 7.60. The summed E-state index contributed by atoms with van der Waals surface area (Å²) in [7, 11) is 0. The number of ether oxygens (including phenoxy) is 1. The second-order valence-corrected chi connectivity index (χ2v) is 10.6. The summed E-state index contributed by atoms with van der Waals surface area (Å²) in [5.41, 5.74) is 2.80. The molecule has 3 nitrogen and oxygen atoms in total. The standard InChI is InChI=1S/C26H26Cl2O3/c1-15(18-2-6-22(27)7-3-18)24-25(19-4-8-23(28)9-5-19)29-26(31-30-24)20-11-16-10-17(13-20)14-21(26)12-16/h2-9,16-17,20-21,24-25H,1,10-14H2/t16?,17?,20?,21?,24-,25-,26?/m1/s1. The Kier molecular flexibility index (Phi) is 4.97. The van der Waals surface area contributed by atoms with Gasteiger partial charge in [0.25, 0.3) is 0 Å². The number of halogens is 2. The maximum absolute atomic E-state index is 6.98. The van der Waals surface area contributed by atoms with Crippen molar-refractivity contribution in [2.45, 2.75) is 50.1 Å². The molecule has 7 rings (SSSR count). The zero-order valence-electron chi connectivity index (χ0n) is 17.3. The molecule has 31 heavy (non-hydrogen) atoms. The average molecular weight is 457 g/mol. The minimum absolute atomic E-state index is 0.313. The Morgan fingerprint density at radius 1 is 0.806 bits per heavy atom. The van der Waals surface area contributed by atoms with Crippen molar-refractivity contribution < 1.29 is 14.5 Å². The highest BCUT2D eigenvalue weighted by atomic mass is 35.5. The van der Waals surface area contributed by atoms with Crippen LogP contribution in [0.25, 0.3) is 5.57 Å². The van der Waals surface area contributed by atoms with Crippen LogP contribution >= 0.6 is 23.2 Å². The van der Waals surface area contributed by atoms with Crippen molar-refractivity contribution in [3.8, 4) is 0 Å². The molecule has 5 heteroatoms. The monoisotopic (exact) mass is 456 g/mol. The smallest absolute Gasteiger partial charge is 0.208 e. The Morgan fingerprint density at radius 3 is 1.94 bits per heavy atom. The van der Waals surface area contributed by atoms with Crippen molar-refractivity contribution in [2.24, 2.45) is 23.7 Å². The molecule has 0 N–H and O–H groups in total. The largest absolute Gasteiger partial charge is 0.335 e. The summed E-state index contributed by atoms with van der Waals surface area (Å²) in [6.07, 6.45) is 5.30. The van der Waals surface area contributed by atoms with E-state index in [9.17, 15) is 0 Å². The summed E-state index contributed by atoms with van der Waals surface area (Å²) in [6.45, 7) is 4.34.